The molecule has 0 aromatic carbocycles. The van der Waals surface area contributed by atoms with Crippen molar-refractivity contribution in [2.45, 2.75) is 52.3 Å². The second-order valence-electron chi connectivity index (χ2n) is 5.66. The molecule has 1 unspecified atom stereocenters. The molecule has 0 bridgehead atoms. The first-order chi connectivity index (χ1) is 8.87. The number of rotatable bonds is 2. The molecule has 0 radical (unpaired) electrons. The number of nitrogens with one attached hydrogen (secondary N) is 1. The van der Waals surface area contributed by atoms with Crippen LogP contribution in [-0.2, 0) is 17.7 Å². The van der Waals surface area contributed by atoms with Crippen molar-refractivity contribution in [1.82, 2.24) is 15.1 Å². The van der Waals surface area contributed by atoms with Crippen LogP contribution < -0.4 is 10.1 Å². The van der Waals surface area contributed by atoms with Crippen molar-refractivity contribution >= 4 is 6.09 Å². The number of carbonyl (C=O) groups excluding carboxylic acids is 1. The number of hydrogen-bond acceptors (Lipinski definition) is 4. The summed E-state index contributed by atoms with van der Waals surface area (Å²) in [5.74, 6) is 0.763. The Balaban J connectivity index is 1.93. The molecule has 0 spiro atoms. The molecule has 0 fully saturated rings. The molecule has 1 aromatic heterocycles. The zero-order valence-electron chi connectivity index (χ0n) is 11.9. The molecule has 1 aliphatic rings. The van der Waals surface area contributed by atoms with Gasteiger partial charge < -0.3 is 14.8 Å². The SMILES string of the molecule is CCc1cc2n(n1)CC(NC(=O)OC(C)(C)C)CO2. The van der Waals surface area contributed by atoms with Gasteiger partial charge in [0.15, 0.2) is 0 Å². The highest BCUT2D eigenvalue weighted by atomic mass is 16.6. The second-order valence-corrected chi connectivity index (χ2v) is 5.66. The van der Waals surface area contributed by atoms with Gasteiger partial charge in [-0.1, -0.05) is 6.92 Å². The Kier molecular flexibility index (Phi) is 3.68. The maximum Gasteiger partial charge on any atom is 0.408 e. The highest BCUT2D eigenvalue weighted by Crippen LogP contribution is 2.19. The summed E-state index contributed by atoms with van der Waals surface area (Å²) in [6.07, 6.45) is 0.445. The molecular formula is C13H21N3O3. The summed E-state index contributed by atoms with van der Waals surface area (Å²) in [5, 5.41) is 7.20. The molecule has 106 valence electrons. The summed E-state index contributed by atoms with van der Waals surface area (Å²) >= 11 is 0. The summed E-state index contributed by atoms with van der Waals surface area (Å²) in [4.78, 5) is 11.7. The quantitative estimate of drug-likeness (QED) is 0.886. The van der Waals surface area contributed by atoms with Crippen LogP contribution in [0, 0.1) is 0 Å². The Labute approximate surface area is 113 Å². The molecule has 1 N–H and O–H groups in total. The third-order valence-corrected chi connectivity index (χ3v) is 2.70. The van der Waals surface area contributed by atoms with E-state index in [2.05, 4.69) is 10.4 Å². The van der Waals surface area contributed by atoms with E-state index in [1.165, 1.54) is 0 Å². The fraction of sp³-hybridized carbons (Fsp3) is 0.692. The first-order valence-corrected chi connectivity index (χ1v) is 6.56. The molecular weight excluding hydrogens is 246 g/mol. The molecule has 2 heterocycles. The predicted molar refractivity (Wildman–Crippen MR) is 70.3 cm³/mol. The Bertz CT molecular complexity index is 462. The van der Waals surface area contributed by atoms with Crippen LogP contribution in [0.2, 0.25) is 0 Å². The van der Waals surface area contributed by atoms with E-state index in [0.717, 1.165) is 18.0 Å². The summed E-state index contributed by atoms with van der Waals surface area (Å²) in [7, 11) is 0. The van der Waals surface area contributed by atoms with Crippen molar-refractivity contribution in [3.8, 4) is 5.88 Å². The van der Waals surface area contributed by atoms with Gasteiger partial charge in [0.1, 0.15) is 12.2 Å². The molecule has 1 aromatic rings. The van der Waals surface area contributed by atoms with Crippen LogP contribution in [0.25, 0.3) is 0 Å². The minimum atomic E-state index is -0.494. The molecule has 6 nitrogen and oxygen atoms in total. The Morgan fingerprint density at radius 1 is 1.63 bits per heavy atom. The van der Waals surface area contributed by atoms with Gasteiger partial charge in [-0.2, -0.15) is 5.10 Å². The largest absolute Gasteiger partial charge is 0.476 e. The number of fused-ring (bicyclic) bond motifs is 1. The fourth-order valence-electron chi connectivity index (χ4n) is 1.88. The van der Waals surface area contributed by atoms with E-state index in [1.54, 1.807) is 4.68 Å². The number of aryl methyl sites for hydroxylation is 1. The van der Waals surface area contributed by atoms with Crippen LogP contribution in [0.4, 0.5) is 4.79 Å². The predicted octanol–water partition coefficient (Wildman–Crippen LogP) is 1.73. The van der Waals surface area contributed by atoms with E-state index < -0.39 is 11.7 Å². The van der Waals surface area contributed by atoms with Gasteiger partial charge in [0.25, 0.3) is 0 Å². The monoisotopic (exact) mass is 267 g/mol. The van der Waals surface area contributed by atoms with E-state index in [1.807, 2.05) is 33.8 Å². The number of aromatic nitrogens is 2. The van der Waals surface area contributed by atoms with E-state index in [9.17, 15) is 4.79 Å². The molecule has 1 atom stereocenters. The maximum absolute atomic E-state index is 11.7. The van der Waals surface area contributed by atoms with Crippen molar-refractivity contribution in [2.75, 3.05) is 6.61 Å². The number of alkyl carbamates (subject to hydrolysis) is 1. The van der Waals surface area contributed by atoms with Gasteiger partial charge in [0.05, 0.1) is 18.3 Å². The van der Waals surface area contributed by atoms with Crippen molar-refractivity contribution in [3.63, 3.8) is 0 Å². The van der Waals surface area contributed by atoms with Gasteiger partial charge in [-0.15, -0.1) is 0 Å². The smallest absolute Gasteiger partial charge is 0.408 e. The second kappa shape index (κ2) is 5.11. The van der Waals surface area contributed by atoms with Crippen molar-refractivity contribution in [1.29, 1.82) is 0 Å². The molecule has 0 saturated heterocycles. The van der Waals surface area contributed by atoms with Gasteiger partial charge in [0.2, 0.25) is 5.88 Å². The van der Waals surface area contributed by atoms with Gasteiger partial charge in [-0.05, 0) is 27.2 Å². The molecule has 0 aliphatic carbocycles. The fourth-order valence-corrected chi connectivity index (χ4v) is 1.88. The highest BCUT2D eigenvalue weighted by Gasteiger charge is 2.25. The average Bonchev–Trinajstić information content (AvgIpc) is 2.68. The number of carbonyl (C=O) groups is 1. The van der Waals surface area contributed by atoms with Crippen LogP contribution in [-0.4, -0.2) is 34.1 Å². The lowest BCUT2D eigenvalue weighted by molar-refractivity contribution is 0.0461. The van der Waals surface area contributed by atoms with Crippen molar-refractivity contribution in [3.05, 3.63) is 11.8 Å². The molecule has 0 saturated carbocycles. The lowest BCUT2D eigenvalue weighted by Gasteiger charge is -2.26. The molecule has 2 rings (SSSR count). The Morgan fingerprint density at radius 3 is 3.00 bits per heavy atom. The topological polar surface area (TPSA) is 65.4 Å². The van der Waals surface area contributed by atoms with Gasteiger partial charge in [0, 0.05) is 6.07 Å². The minimum absolute atomic E-state index is 0.119. The third kappa shape index (κ3) is 3.62. The summed E-state index contributed by atoms with van der Waals surface area (Å²) < 4.78 is 12.6. The number of nitrogens with zero attached hydrogens (tertiary/aromatic N) is 2. The molecule has 19 heavy (non-hydrogen) atoms. The zero-order chi connectivity index (χ0) is 14.0. The zero-order valence-corrected chi connectivity index (χ0v) is 11.9. The van der Waals surface area contributed by atoms with E-state index in [4.69, 9.17) is 9.47 Å². The number of hydrogen-bond donors (Lipinski definition) is 1. The van der Waals surface area contributed by atoms with Gasteiger partial charge >= 0.3 is 6.09 Å². The lowest BCUT2D eigenvalue weighted by atomic mass is 10.2. The standard InChI is InChI=1S/C13H21N3O3/c1-5-9-6-11-16(15-9)7-10(8-18-11)14-12(17)19-13(2,3)4/h6,10H,5,7-8H2,1-4H3,(H,14,17). The summed E-state index contributed by atoms with van der Waals surface area (Å²) in [5.41, 5.74) is 0.499. The van der Waals surface area contributed by atoms with Gasteiger partial charge in [-0.25, -0.2) is 9.48 Å². The Morgan fingerprint density at radius 2 is 2.37 bits per heavy atom. The van der Waals surface area contributed by atoms with Crippen LogP contribution in [0.3, 0.4) is 0 Å². The maximum atomic E-state index is 11.7. The third-order valence-electron chi connectivity index (χ3n) is 2.70. The number of ether oxygens (including phenoxy) is 2. The van der Waals surface area contributed by atoms with Crippen molar-refractivity contribution < 1.29 is 14.3 Å². The Hall–Kier alpha value is -1.72. The first kappa shape index (κ1) is 13.7. The normalized spacial score (nSPS) is 18.4. The average molecular weight is 267 g/mol. The van der Waals surface area contributed by atoms with E-state index >= 15 is 0 Å². The summed E-state index contributed by atoms with van der Waals surface area (Å²) in [6, 6.07) is 1.82. The molecule has 1 amide bonds. The van der Waals surface area contributed by atoms with Crippen LogP contribution in [0.5, 0.6) is 5.88 Å². The first-order valence-electron chi connectivity index (χ1n) is 6.56. The minimum Gasteiger partial charge on any atom is -0.476 e. The molecule has 1 aliphatic heterocycles. The van der Waals surface area contributed by atoms with Crippen LogP contribution in [0.15, 0.2) is 6.07 Å². The van der Waals surface area contributed by atoms with Gasteiger partial charge in [-0.3, -0.25) is 0 Å². The lowest BCUT2D eigenvalue weighted by Crippen LogP contribution is -2.46. The van der Waals surface area contributed by atoms with Crippen LogP contribution in [0.1, 0.15) is 33.4 Å². The highest BCUT2D eigenvalue weighted by molar-refractivity contribution is 5.68. The van der Waals surface area contributed by atoms with Crippen LogP contribution >= 0.6 is 0 Å². The summed E-state index contributed by atoms with van der Waals surface area (Å²) in [6.45, 7) is 8.60. The van der Waals surface area contributed by atoms with Crippen molar-refractivity contribution in [2.24, 2.45) is 0 Å². The number of amides is 1. The van der Waals surface area contributed by atoms with E-state index in [0.29, 0.717) is 13.2 Å². The molecule has 6 heteroatoms. The van der Waals surface area contributed by atoms with E-state index in [-0.39, 0.29) is 6.04 Å².